The lowest BCUT2D eigenvalue weighted by Gasteiger charge is -2.39. The standard InChI is InChI=1S/C28H33ClF4N4O5/c29-24-22(34-16-27(30)10-1-11-41-17-27)14-35-37(26(24)39)21-8-6-20(7-9-21)36(25(38)23-15-40-12-13-42-23)19-4-2-18(3-5-19)28(31,32)33/h2-5,14,20-21,23,34H,1,6-13,15-17H2/t20?,21?,23-,27-/m0/s1. The summed E-state index contributed by atoms with van der Waals surface area (Å²) >= 11 is 6.36. The van der Waals surface area contributed by atoms with E-state index in [0.717, 1.165) is 12.1 Å². The summed E-state index contributed by atoms with van der Waals surface area (Å²) in [5.41, 5.74) is -2.31. The smallest absolute Gasteiger partial charge is 0.379 e. The molecule has 1 N–H and O–H groups in total. The molecule has 9 nitrogen and oxygen atoms in total. The molecule has 3 aliphatic rings. The van der Waals surface area contributed by atoms with Crippen molar-refractivity contribution < 1.29 is 36.6 Å². The van der Waals surface area contributed by atoms with Gasteiger partial charge in [-0.1, -0.05) is 11.6 Å². The topological polar surface area (TPSA) is 94.9 Å². The van der Waals surface area contributed by atoms with Crippen LogP contribution in [-0.4, -0.2) is 73.1 Å². The number of hydrogen-bond acceptors (Lipinski definition) is 7. The van der Waals surface area contributed by atoms with E-state index in [0.29, 0.717) is 57.4 Å². The maximum atomic E-state index is 14.9. The van der Waals surface area contributed by atoms with E-state index >= 15 is 0 Å². The summed E-state index contributed by atoms with van der Waals surface area (Å²) in [5.74, 6) is -0.388. The fourth-order valence-electron chi connectivity index (χ4n) is 5.72. The number of ether oxygens (including phenoxy) is 3. The van der Waals surface area contributed by atoms with E-state index in [1.807, 2.05) is 0 Å². The predicted octanol–water partition coefficient (Wildman–Crippen LogP) is 4.78. The minimum absolute atomic E-state index is 0.0305. The number of nitrogens with one attached hydrogen (secondary N) is 1. The van der Waals surface area contributed by atoms with Crippen LogP contribution in [0.15, 0.2) is 35.3 Å². The average molecular weight is 617 g/mol. The summed E-state index contributed by atoms with van der Waals surface area (Å²) in [6, 6.07) is 3.82. The van der Waals surface area contributed by atoms with E-state index < -0.39 is 29.1 Å². The van der Waals surface area contributed by atoms with E-state index in [1.54, 1.807) is 0 Å². The van der Waals surface area contributed by atoms with Gasteiger partial charge < -0.3 is 24.4 Å². The van der Waals surface area contributed by atoms with Gasteiger partial charge in [-0.15, -0.1) is 0 Å². The Labute approximate surface area is 245 Å². The molecule has 2 aliphatic heterocycles. The Bertz CT molecular complexity index is 1290. The van der Waals surface area contributed by atoms with Gasteiger partial charge in [0.2, 0.25) is 0 Å². The number of amides is 1. The second-order valence-corrected chi connectivity index (χ2v) is 11.3. The summed E-state index contributed by atoms with van der Waals surface area (Å²) in [4.78, 5) is 28.1. The number of aromatic nitrogens is 2. The van der Waals surface area contributed by atoms with Crippen molar-refractivity contribution in [3.8, 4) is 0 Å². The number of nitrogens with zero attached hydrogens (tertiary/aromatic N) is 3. The molecule has 14 heteroatoms. The predicted molar refractivity (Wildman–Crippen MR) is 147 cm³/mol. The number of carbonyl (C=O) groups excluding carboxylic acids is 1. The highest BCUT2D eigenvalue weighted by Crippen LogP contribution is 2.36. The molecule has 3 fully saturated rings. The van der Waals surface area contributed by atoms with E-state index in [2.05, 4.69) is 10.4 Å². The van der Waals surface area contributed by atoms with Crippen molar-refractivity contribution in [1.29, 1.82) is 0 Å². The molecule has 5 rings (SSSR count). The van der Waals surface area contributed by atoms with Crippen LogP contribution in [0.25, 0.3) is 0 Å². The van der Waals surface area contributed by atoms with Crippen LogP contribution in [0.5, 0.6) is 0 Å². The zero-order valence-electron chi connectivity index (χ0n) is 22.9. The molecule has 2 atom stereocenters. The summed E-state index contributed by atoms with van der Waals surface area (Å²) < 4.78 is 72.0. The van der Waals surface area contributed by atoms with Crippen LogP contribution in [0, 0.1) is 0 Å². The molecule has 42 heavy (non-hydrogen) atoms. The van der Waals surface area contributed by atoms with Crippen LogP contribution < -0.4 is 15.8 Å². The van der Waals surface area contributed by atoms with Gasteiger partial charge in [-0.3, -0.25) is 9.59 Å². The van der Waals surface area contributed by atoms with Crippen molar-refractivity contribution in [2.45, 2.75) is 68.6 Å². The number of alkyl halides is 4. The Hall–Kier alpha value is -2.74. The number of halogens is 5. The molecule has 0 unspecified atom stereocenters. The highest BCUT2D eigenvalue weighted by atomic mass is 35.5. The second kappa shape index (κ2) is 12.9. The third kappa shape index (κ3) is 6.90. The highest BCUT2D eigenvalue weighted by molar-refractivity contribution is 6.32. The van der Waals surface area contributed by atoms with Gasteiger partial charge in [-0.25, -0.2) is 9.07 Å². The number of anilines is 2. The van der Waals surface area contributed by atoms with Gasteiger partial charge in [0.15, 0.2) is 11.8 Å². The van der Waals surface area contributed by atoms with Gasteiger partial charge >= 0.3 is 6.18 Å². The van der Waals surface area contributed by atoms with Crippen LogP contribution in [-0.2, 0) is 25.2 Å². The van der Waals surface area contributed by atoms with Crippen molar-refractivity contribution in [2.75, 3.05) is 49.8 Å². The summed E-state index contributed by atoms with van der Waals surface area (Å²) in [6.45, 7) is 1.08. The first-order chi connectivity index (χ1) is 20.1. The number of benzene rings is 1. The van der Waals surface area contributed by atoms with Crippen LogP contribution in [0.1, 0.15) is 50.1 Å². The molecule has 2 aromatic rings. The Morgan fingerprint density at radius 1 is 1.12 bits per heavy atom. The van der Waals surface area contributed by atoms with Crippen molar-refractivity contribution in [3.05, 3.63) is 51.4 Å². The fraction of sp³-hybridized carbons (Fsp3) is 0.607. The minimum atomic E-state index is -4.50. The highest BCUT2D eigenvalue weighted by Gasteiger charge is 2.37. The lowest BCUT2D eigenvalue weighted by Crippen LogP contribution is -2.51. The fourth-order valence-corrected chi connectivity index (χ4v) is 5.92. The van der Waals surface area contributed by atoms with Crippen LogP contribution in [0.3, 0.4) is 0 Å². The SMILES string of the molecule is O=C([C@@H]1COCCO1)N(c1ccc(C(F)(F)F)cc1)C1CCC(n2ncc(NC[C@@]3(F)CCCOC3)c(Cl)c2=O)CC1. The molecular formula is C28H33ClF4N4O5. The van der Waals surface area contributed by atoms with E-state index in [9.17, 15) is 27.2 Å². The second-order valence-electron chi connectivity index (χ2n) is 10.9. The molecule has 0 bridgehead atoms. The average Bonchev–Trinajstić information content (AvgIpc) is 2.99. The molecule has 1 aliphatic carbocycles. The Morgan fingerprint density at radius 2 is 1.86 bits per heavy atom. The molecule has 230 valence electrons. The Morgan fingerprint density at radius 3 is 2.48 bits per heavy atom. The molecule has 1 saturated carbocycles. The van der Waals surface area contributed by atoms with Gasteiger partial charge in [-0.2, -0.15) is 18.3 Å². The first-order valence-corrected chi connectivity index (χ1v) is 14.4. The van der Waals surface area contributed by atoms with Crippen LogP contribution in [0.2, 0.25) is 5.02 Å². The molecule has 0 radical (unpaired) electrons. The zero-order chi connectivity index (χ0) is 29.9. The van der Waals surface area contributed by atoms with Crippen molar-refractivity contribution >= 4 is 28.9 Å². The van der Waals surface area contributed by atoms with Crippen LogP contribution in [0.4, 0.5) is 28.9 Å². The number of hydrogen-bond donors (Lipinski definition) is 1. The quantitative estimate of drug-likeness (QED) is 0.448. The van der Waals surface area contributed by atoms with E-state index in [1.165, 1.54) is 27.9 Å². The lowest BCUT2D eigenvalue weighted by atomic mass is 9.89. The summed E-state index contributed by atoms with van der Waals surface area (Å²) in [7, 11) is 0. The summed E-state index contributed by atoms with van der Waals surface area (Å²) in [6.07, 6.45) is -1.16. The third-order valence-electron chi connectivity index (χ3n) is 7.99. The number of carbonyl (C=O) groups is 1. The molecule has 3 heterocycles. The molecular weight excluding hydrogens is 584 g/mol. The first kappa shape index (κ1) is 30.7. The van der Waals surface area contributed by atoms with Crippen molar-refractivity contribution in [1.82, 2.24) is 9.78 Å². The van der Waals surface area contributed by atoms with Crippen LogP contribution >= 0.6 is 11.6 Å². The zero-order valence-corrected chi connectivity index (χ0v) is 23.6. The molecule has 1 aromatic carbocycles. The first-order valence-electron chi connectivity index (χ1n) is 14.0. The minimum Gasteiger partial charge on any atom is -0.379 e. The number of rotatable bonds is 7. The molecule has 0 spiro atoms. The Balaban J connectivity index is 1.29. The maximum Gasteiger partial charge on any atom is 0.416 e. The lowest BCUT2D eigenvalue weighted by molar-refractivity contribution is -0.145. The normalized spacial score (nSPS) is 26.9. The molecule has 2 saturated heterocycles. The van der Waals surface area contributed by atoms with Crippen molar-refractivity contribution in [3.63, 3.8) is 0 Å². The van der Waals surface area contributed by atoms with Crippen molar-refractivity contribution in [2.24, 2.45) is 0 Å². The van der Waals surface area contributed by atoms with Gasteiger partial charge in [0.05, 0.1) is 56.5 Å². The maximum absolute atomic E-state index is 14.9. The molecule has 1 aromatic heterocycles. The largest absolute Gasteiger partial charge is 0.416 e. The van der Waals surface area contributed by atoms with E-state index in [-0.39, 0.29) is 55.1 Å². The molecule has 1 amide bonds. The van der Waals surface area contributed by atoms with E-state index in [4.69, 9.17) is 25.8 Å². The van der Waals surface area contributed by atoms with Gasteiger partial charge in [-0.05, 0) is 62.8 Å². The van der Waals surface area contributed by atoms with Gasteiger partial charge in [0.1, 0.15) is 5.02 Å². The van der Waals surface area contributed by atoms with Gasteiger partial charge in [0.25, 0.3) is 11.5 Å². The Kier molecular flexibility index (Phi) is 9.41. The third-order valence-corrected chi connectivity index (χ3v) is 8.36. The van der Waals surface area contributed by atoms with Gasteiger partial charge in [0, 0.05) is 18.3 Å². The summed E-state index contributed by atoms with van der Waals surface area (Å²) in [5, 5.41) is 7.10. The monoisotopic (exact) mass is 616 g/mol.